The Bertz CT molecular complexity index is 383. The first kappa shape index (κ1) is 11.3. The summed E-state index contributed by atoms with van der Waals surface area (Å²) in [6.07, 6.45) is 2.43. The smallest absolute Gasteiger partial charge is 0.134 e. The van der Waals surface area contributed by atoms with Crippen molar-refractivity contribution in [3.63, 3.8) is 0 Å². The first-order valence-electron chi connectivity index (χ1n) is 4.81. The van der Waals surface area contributed by atoms with Crippen molar-refractivity contribution in [3.05, 3.63) is 18.1 Å². The number of hydrogen-bond donors (Lipinski definition) is 2. The van der Waals surface area contributed by atoms with Gasteiger partial charge in [-0.3, -0.25) is 5.41 Å². The van der Waals surface area contributed by atoms with E-state index in [1.54, 1.807) is 19.2 Å². The fourth-order valence-corrected chi connectivity index (χ4v) is 1.07. The molecule has 1 aromatic rings. The molecule has 15 heavy (non-hydrogen) atoms. The highest BCUT2D eigenvalue weighted by atomic mass is 15.1. The van der Waals surface area contributed by atoms with Gasteiger partial charge in [0, 0.05) is 12.6 Å². The molecule has 0 atom stereocenters. The summed E-state index contributed by atoms with van der Waals surface area (Å²) in [6, 6.07) is 1.78. The molecule has 0 fully saturated rings. The zero-order chi connectivity index (χ0) is 11.3. The second-order valence-electron chi connectivity index (χ2n) is 3.11. The molecule has 0 aliphatic rings. The summed E-state index contributed by atoms with van der Waals surface area (Å²) in [5.41, 5.74) is 0. The van der Waals surface area contributed by atoms with Crippen LogP contribution in [0.1, 0.15) is 26.1 Å². The van der Waals surface area contributed by atoms with Gasteiger partial charge in [0.05, 0.1) is 0 Å². The molecule has 0 bridgehead atoms. The average molecular weight is 205 g/mol. The van der Waals surface area contributed by atoms with Crippen LogP contribution in [-0.2, 0) is 0 Å². The Morgan fingerprint density at radius 3 is 2.87 bits per heavy atom. The molecule has 5 nitrogen and oxygen atoms in total. The molecule has 0 saturated heterocycles. The van der Waals surface area contributed by atoms with E-state index in [2.05, 4.69) is 20.3 Å². The summed E-state index contributed by atoms with van der Waals surface area (Å²) in [7, 11) is 0. The Hall–Kier alpha value is -1.78. The van der Waals surface area contributed by atoms with Gasteiger partial charge >= 0.3 is 0 Å². The summed E-state index contributed by atoms with van der Waals surface area (Å²) >= 11 is 0. The van der Waals surface area contributed by atoms with Crippen LogP contribution in [0.5, 0.6) is 0 Å². The third-order valence-corrected chi connectivity index (χ3v) is 1.69. The van der Waals surface area contributed by atoms with Gasteiger partial charge in [0.2, 0.25) is 0 Å². The molecule has 0 saturated carbocycles. The number of aliphatic imine (C=N–C) groups is 1. The van der Waals surface area contributed by atoms with E-state index >= 15 is 0 Å². The van der Waals surface area contributed by atoms with Gasteiger partial charge < -0.3 is 5.32 Å². The lowest BCUT2D eigenvalue weighted by Gasteiger charge is -2.06. The van der Waals surface area contributed by atoms with Gasteiger partial charge in [-0.1, -0.05) is 6.92 Å². The van der Waals surface area contributed by atoms with Crippen molar-refractivity contribution < 1.29 is 0 Å². The fourth-order valence-electron chi connectivity index (χ4n) is 1.07. The monoisotopic (exact) mass is 205 g/mol. The Labute approximate surface area is 89.2 Å². The quantitative estimate of drug-likeness (QED) is 0.573. The zero-order valence-corrected chi connectivity index (χ0v) is 9.20. The molecule has 80 valence electrons. The highest BCUT2D eigenvalue weighted by Crippen LogP contribution is 2.02. The molecule has 0 spiro atoms. The largest absolute Gasteiger partial charge is 0.328 e. The van der Waals surface area contributed by atoms with Crippen molar-refractivity contribution in [1.82, 2.24) is 9.97 Å². The normalized spacial score (nSPS) is 11.3. The molecule has 0 radical (unpaired) electrons. The zero-order valence-electron chi connectivity index (χ0n) is 9.20. The van der Waals surface area contributed by atoms with Gasteiger partial charge in [0.25, 0.3) is 0 Å². The van der Waals surface area contributed by atoms with Crippen LogP contribution in [-0.4, -0.2) is 21.6 Å². The van der Waals surface area contributed by atoms with Crippen molar-refractivity contribution >= 4 is 17.5 Å². The van der Waals surface area contributed by atoms with E-state index in [1.165, 1.54) is 0 Å². The lowest BCUT2D eigenvalue weighted by atomic mass is 10.4. The van der Waals surface area contributed by atoms with E-state index in [0.717, 1.165) is 12.3 Å². The van der Waals surface area contributed by atoms with Crippen molar-refractivity contribution in [2.45, 2.75) is 27.2 Å². The summed E-state index contributed by atoms with van der Waals surface area (Å²) < 4.78 is 0. The molecule has 0 amide bonds. The van der Waals surface area contributed by atoms with Gasteiger partial charge in [-0.05, 0) is 19.9 Å². The average Bonchev–Trinajstić information content (AvgIpc) is 2.16. The lowest BCUT2D eigenvalue weighted by Crippen LogP contribution is -2.13. The van der Waals surface area contributed by atoms with Crippen molar-refractivity contribution in [2.75, 3.05) is 5.32 Å². The van der Waals surface area contributed by atoms with E-state index in [4.69, 9.17) is 5.41 Å². The summed E-state index contributed by atoms with van der Waals surface area (Å²) in [5, 5.41) is 10.3. The molecule has 1 rings (SSSR count). The summed E-state index contributed by atoms with van der Waals surface area (Å²) in [5.74, 6) is 2.44. The molecule has 0 unspecified atom stereocenters. The number of aryl methyl sites for hydroxylation is 1. The number of anilines is 1. The molecular weight excluding hydrogens is 190 g/mol. The highest BCUT2D eigenvalue weighted by molar-refractivity contribution is 6.01. The van der Waals surface area contributed by atoms with Crippen LogP contribution in [0.3, 0.4) is 0 Å². The van der Waals surface area contributed by atoms with E-state index in [0.29, 0.717) is 11.6 Å². The Balaban J connectivity index is 2.80. The first-order chi connectivity index (χ1) is 7.11. The molecule has 0 aliphatic heterocycles. The van der Waals surface area contributed by atoms with Crippen LogP contribution >= 0.6 is 0 Å². The van der Waals surface area contributed by atoms with Crippen LogP contribution in [0.2, 0.25) is 0 Å². The van der Waals surface area contributed by atoms with Crippen LogP contribution < -0.4 is 5.32 Å². The topological polar surface area (TPSA) is 74.0 Å². The van der Waals surface area contributed by atoms with Crippen LogP contribution in [0.25, 0.3) is 0 Å². The van der Waals surface area contributed by atoms with Crippen LogP contribution in [0, 0.1) is 12.3 Å². The van der Waals surface area contributed by atoms with Gasteiger partial charge in [-0.15, -0.1) is 0 Å². The molecule has 1 heterocycles. The number of aromatic nitrogens is 2. The maximum atomic E-state index is 7.28. The lowest BCUT2D eigenvalue weighted by molar-refractivity contribution is 1.06. The summed E-state index contributed by atoms with van der Waals surface area (Å²) in [4.78, 5) is 12.2. The minimum Gasteiger partial charge on any atom is -0.328 e. The standard InChI is InChI=1S/C10H15N5/c1-4-9(13-7(2)11)15-10-5-6-12-8(3)14-10/h5-6H,4H2,1-3H3,(H2,11,12,13,14,15). The van der Waals surface area contributed by atoms with Crippen molar-refractivity contribution in [2.24, 2.45) is 4.99 Å². The maximum absolute atomic E-state index is 7.28. The summed E-state index contributed by atoms with van der Waals surface area (Å²) in [6.45, 7) is 5.45. The van der Waals surface area contributed by atoms with E-state index in [-0.39, 0.29) is 5.84 Å². The SMILES string of the molecule is CC/C(=N/C(C)=N)Nc1ccnc(C)n1. The molecule has 5 heteroatoms. The Morgan fingerprint density at radius 2 is 2.33 bits per heavy atom. The third-order valence-electron chi connectivity index (χ3n) is 1.69. The number of rotatable bonds is 2. The third kappa shape index (κ3) is 3.84. The van der Waals surface area contributed by atoms with Gasteiger partial charge in [0.1, 0.15) is 23.3 Å². The molecule has 1 aromatic heterocycles. The van der Waals surface area contributed by atoms with Gasteiger partial charge in [-0.25, -0.2) is 15.0 Å². The highest BCUT2D eigenvalue weighted by Gasteiger charge is 1.99. The minimum atomic E-state index is 0.283. The second kappa shape index (κ2) is 5.19. The number of nitrogens with zero attached hydrogens (tertiary/aromatic N) is 3. The minimum absolute atomic E-state index is 0.283. The molecule has 2 N–H and O–H groups in total. The Kier molecular flexibility index (Phi) is 3.91. The van der Waals surface area contributed by atoms with Crippen LogP contribution in [0.4, 0.5) is 5.82 Å². The van der Waals surface area contributed by atoms with Crippen LogP contribution in [0.15, 0.2) is 17.3 Å². The molecule has 0 aromatic carbocycles. The van der Waals surface area contributed by atoms with E-state index < -0.39 is 0 Å². The van der Waals surface area contributed by atoms with E-state index in [1.807, 2.05) is 13.8 Å². The van der Waals surface area contributed by atoms with E-state index in [9.17, 15) is 0 Å². The first-order valence-corrected chi connectivity index (χ1v) is 4.81. The second-order valence-corrected chi connectivity index (χ2v) is 3.11. The predicted molar refractivity (Wildman–Crippen MR) is 61.5 cm³/mol. The molecule has 0 aliphatic carbocycles. The fraction of sp³-hybridized carbons (Fsp3) is 0.400. The predicted octanol–water partition coefficient (Wildman–Crippen LogP) is 2.00. The Morgan fingerprint density at radius 1 is 1.60 bits per heavy atom. The van der Waals surface area contributed by atoms with Crippen molar-refractivity contribution in [3.8, 4) is 0 Å². The van der Waals surface area contributed by atoms with Crippen molar-refractivity contribution in [1.29, 1.82) is 5.41 Å². The van der Waals surface area contributed by atoms with Gasteiger partial charge in [0.15, 0.2) is 0 Å². The van der Waals surface area contributed by atoms with Gasteiger partial charge in [-0.2, -0.15) is 0 Å². The molecular formula is C10H15N5. The maximum Gasteiger partial charge on any atom is 0.134 e. The number of hydrogen-bond acceptors (Lipinski definition) is 3. The number of nitrogens with one attached hydrogen (secondary N) is 2. The number of amidine groups is 2.